The molecule has 1 amide bonds. The van der Waals surface area contributed by atoms with Crippen LogP contribution in [0.25, 0.3) is 11.3 Å². The Morgan fingerprint density at radius 2 is 1.87 bits per heavy atom. The highest BCUT2D eigenvalue weighted by Gasteiger charge is 2.48. The highest BCUT2D eigenvalue weighted by atomic mass is 35.5. The summed E-state index contributed by atoms with van der Waals surface area (Å²) in [6.45, 7) is 0. The zero-order valence-electron chi connectivity index (χ0n) is 16.1. The number of aromatic hydroxyl groups is 2. The number of carbonyl (C=O) groups excluding carboxylic acids is 1. The van der Waals surface area contributed by atoms with Crippen molar-refractivity contribution in [3.05, 3.63) is 64.3 Å². The summed E-state index contributed by atoms with van der Waals surface area (Å²) >= 11 is 6.13. The Kier molecular flexibility index (Phi) is 4.49. The number of halogens is 1. The maximum absolute atomic E-state index is 13.4. The maximum Gasteiger partial charge on any atom is 0.273 e. The van der Waals surface area contributed by atoms with Gasteiger partial charge in [0.2, 0.25) is 0 Å². The minimum absolute atomic E-state index is 0.0257. The van der Waals surface area contributed by atoms with Crippen LogP contribution in [0.2, 0.25) is 5.02 Å². The number of aromatic amines is 1. The smallest absolute Gasteiger partial charge is 0.273 e. The van der Waals surface area contributed by atoms with Gasteiger partial charge in [0.15, 0.2) is 9.84 Å². The molecule has 160 valence electrons. The van der Waals surface area contributed by atoms with E-state index in [9.17, 15) is 23.4 Å². The molecule has 2 unspecified atom stereocenters. The number of H-pyrrole nitrogens is 1. The maximum atomic E-state index is 13.4. The molecule has 2 aliphatic heterocycles. The van der Waals surface area contributed by atoms with Gasteiger partial charge >= 0.3 is 0 Å². The molecule has 8 nitrogen and oxygen atoms in total. The molecule has 1 saturated heterocycles. The number of phenols is 2. The third-order valence-corrected chi connectivity index (χ3v) is 7.81. The fourth-order valence-corrected chi connectivity index (χ4v) is 6.31. The fourth-order valence-electron chi connectivity index (χ4n) is 4.42. The second-order valence-electron chi connectivity index (χ2n) is 7.79. The molecule has 10 heteroatoms. The van der Waals surface area contributed by atoms with Gasteiger partial charge in [0.05, 0.1) is 17.5 Å². The van der Waals surface area contributed by atoms with Crippen molar-refractivity contribution in [2.24, 2.45) is 0 Å². The first-order valence-electron chi connectivity index (χ1n) is 9.64. The van der Waals surface area contributed by atoms with Gasteiger partial charge in [-0.15, -0.1) is 0 Å². The number of hydrogen-bond acceptors (Lipinski definition) is 6. The molecule has 5 rings (SSSR count). The number of fused-ring (bicyclic) bond motifs is 1. The molecule has 1 fully saturated rings. The summed E-state index contributed by atoms with van der Waals surface area (Å²) in [5, 5.41) is 27.6. The van der Waals surface area contributed by atoms with Gasteiger partial charge in [0, 0.05) is 22.2 Å². The molecule has 2 aromatic carbocycles. The molecule has 0 radical (unpaired) electrons. The zero-order valence-corrected chi connectivity index (χ0v) is 17.7. The first-order chi connectivity index (χ1) is 14.7. The van der Waals surface area contributed by atoms with Crippen LogP contribution in [0.15, 0.2) is 42.5 Å². The Balaban J connectivity index is 1.70. The topological polar surface area (TPSA) is 124 Å². The van der Waals surface area contributed by atoms with Gasteiger partial charge in [-0.05, 0) is 42.3 Å². The van der Waals surface area contributed by atoms with E-state index in [2.05, 4.69) is 10.2 Å². The van der Waals surface area contributed by atoms with E-state index < -0.39 is 21.9 Å². The van der Waals surface area contributed by atoms with E-state index in [-0.39, 0.29) is 34.6 Å². The lowest BCUT2D eigenvalue weighted by molar-refractivity contribution is 0.0678. The highest BCUT2D eigenvalue weighted by molar-refractivity contribution is 7.91. The largest absolute Gasteiger partial charge is 0.508 e. The number of amides is 1. The van der Waals surface area contributed by atoms with Gasteiger partial charge < -0.3 is 15.1 Å². The van der Waals surface area contributed by atoms with Gasteiger partial charge in [-0.3, -0.25) is 9.89 Å². The first-order valence-corrected chi connectivity index (χ1v) is 11.8. The second-order valence-corrected chi connectivity index (χ2v) is 10.5. The Morgan fingerprint density at radius 1 is 1.13 bits per heavy atom. The molecule has 1 aromatic heterocycles. The molecule has 2 atom stereocenters. The molecule has 0 aliphatic carbocycles. The van der Waals surface area contributed by atoms with Crippen LogP contribution in [-0.4, -0.2) is 57.2 Å². The number of hydrogen-bond donors (Lipinski definition) is 3. The lowest BCUT2D eigenvalue weighted by Crippen LogP contribution is -2.40. The number of benzene rings is 2. The number of nitrogens with one attached hydrogen (secondary N) is 1. The van der Waals surface area contributed by atoms with E-state index in [4.69, 9.17) is 11.6 Å². The Morgan fingerprint density at radius 3 is 2.55 bits per heavy atom. The molecule has 0 bridgehead atoms. The lowest BCUT2D eigenvalue weighted by Gasteiger charge is -2.31. The van der Waals surface area contributed by atoms with Gasteiger partial charge in [-0.25, -0.2) is 8.42 Å². The molecule has 3 heterocycles. The summed E-state index contributed by atoms with van der Waals surface area (Å²) in [5.74, 6) is -0.406. The summed E-state index contributed by atoms with van der Waals surface area (Å²) in [6, 6.07) is 9.84. The van der Waals surface area contributed by atoms with E-state index in [1.165, 1.54) is 18.2 Å². The average molecular weight is 460 g/mol. The van der Waals surface area contributed by atoms with Crippen LogP contribution in [0, 0.1) is 0 Å². The third-order valence-electron chi connectivity index (χ3n) is 5.83. The van der Waals surface area contributed by atoms with Gasteiger partial charge in [0.25, 0.3) is 5.91 Å². The molecular formula is C21H18ClN3O5S. The van der Waals surface area contributed by atoms with Gasteiger partial charge in [-0.2, -0.15) is 5.10 Å². The van der Waals surface area contributed by atoms with Crippen LogP contribution in [0.3, 0.4) is 0 Å². The van der Waals surface area contributed by atoms with E-state index in [1.807, 2.05) is 0 Å². The Bertz CT molecular complexity index is 1300. The van der Waals surface area contributed by atoms with Crippen molar-refractivity contribution >= 4 is 27.3 Å². The van der Waals surface area contributed by atoms with Crippen molar-refractivity contribution < 1.29 is 23.4 Å². The molecule has 3 aromatic rings. The Labute approximate surface area is 183 Å². The van der Waals surface area contributed by atoms with Gasteiger partial charge in [0.1, 0.15) is 22.9 Å². The Hall–Kier alpha value is -3.04. The van der Waals surface area contributed by atoms with Crippen LogP contribution < -0.4 is 0 Å². The monoisotopic (exact) mass is 459 g/mol. The molecule has 0 spiro atoms. The van der Waals surface area contributed by atoms with Crippen molar-refractivity contribution in [3.8, 4) is 22.8 Å². The minimum atomic E-state index is -3.23. The number of aromatic nitrogens is 2. The third kappa shape index (κ3) is 3.24. The van der Waals surface area contributed by atoms with E-state index in [1.54, 1.807) is 29.2 Å². The van der Waals surface area contributed by atoms with E-state index in [0.29, 0.717) is 33.8 Å². The highest BCUT2D eigenvalue weighted by Crippen LogP contribution is 2.46. The van der Waals surface area contributed by atoms with Crippen LogP contribution in [0.5, 0.6) is 11.5 Å². The predicted octanol–water partition coefficient (Wildman–Crippen LogP) is 2.87. The average Bonchev–Trinajstić information content (AvgIpc) is 3.38. The molecule has 2 aliphatic rings. The summed E-state index contributed by atoms with van der Waals surface area (Å²) in [7, 11) is -3.23. The lowest BCUT2D eigenvalue weighted by atomic mass is 9.95. The quantitative estimate of drug-likeness (QED) is 0.553. The molecule has 0 saturated carbocycles. The molecular weight excluding hydrogens is 442 g/mol. The van der Waals surface area contributed by atoms with E-state index >= 15 is 0 Å². The summed E-state index contributed by atoms with van der Waals surface area (Å²) in [5.41, 5.74) is 2.21. The summed E-state index contributed by atoms with van der Waals surface area (Å²) in [4.78, 5) is 14.9. The zero-order chi connectivity index (χ0) is 21.9. The summed E-state index contributed by atoms with van der Waals surface area (Å²) in [6.07, 6.45) is 0.345. The van der Waals surface area contributed by atoms with Crippen molar-refractivity contribution in [3.63, 3.8) is 0 Å². The number of phenolic OH excluding ortho intramolecular Hbond substituents is 2. The molecule has 3 N–H and O–H groups in total. The van der Waals surface area contributed by atoms with Crippen molar-refractivity contribution in [1.82, 2.24) is 15.1 Å². The fraction of sp³-hybridized carbons (Fsp3) is 0.238. The number of carbonyl (C=O) groups is 1. The minimum Gasteiger partial charge on any atom is -0.508 e. The number of sulfone groups is 1. The van der Waals surface area contributed by atoms with Crippen molar-refractivity contribution in [2.75, 3.05) is 11.5 Å². The van der Waals surface area contributed by atoms with Crippen LogP contribution in [-0.2, 0) is 9.84 Å². The predicted molar refractivity (Wildman–Crippen MR) is 114 cm³/mol. The summed E-state index contributed by atoms with van der Waals surface area (Å²) < 4.78 is 24.3. The van der Waals surface area contributed by atoms with Crippen LogP contribution in [0.4, 0.5) is 0 Å². The van der Waals surface area contributed by atoms with E-state index in [0.717, 1.165) is 0 Å². The standard InChI is InChI=1S/C21H18ClN3O5S/c22-12-3-6-16(27)15(9-12)18-17-19(24-23-18)21(28)25(13-7-8-31(29,30)10-13)20(17)11-1-4-14(26)5-2-11/h1-6,9,13,20,26-27H,7-8,10H2,(H,23,24). The second kappa shape index (κ2) is 7.00. The van der Waals surface area contributed by atoms with Crippen molar-refractivity contribution in [2.45, 2.75) is 18.5 Å². The van der Waals surface area contributed by atoms with Crippen LogP contribution in [0.1, 0.15) is 34.1 Å². The number of rotatable bonds is 3. The normalized spacial score (nSPS) is 22.1. The van der Waals surface area contributed by atoms with Gasteiger partial charge in [-0.1, -0.05) is 23.7 Å². The number of nitrogens with zero attached hydrogens (tertiary/aromatic N) is 2. The van der Waals surface area contributed by atoms with Crippen molar-refractivity contribution in [1.29, 1.82) is 0 Å². The molecule has 31 heavy (non-hydrogen) atoms. The van der Waals surface area contributed by atoms with Crippen LogP contribution >= 0.6 is 11.6 Å². The SMILES string of the molecule is O=C1c2[nH]nc(-c3cc(Cl)ccc3O)c2C(c2ccc(O)cc2)N1C1CCS(=O)(=O)C1. The first kappa shape index (κ1) is 19.9.